The minimum atomic E-state index is -0.307. The van der Waals surface area contributed by atoms with Crippen molar-refractivity contribution < 1.29 is 43.8 Å². The molecule has 0 aromatic heterocycles. The minimum Gasteiger partial charge on any atom is -0.632 e. The summed E-state index contributed by atoms with van der Waals surface area (Å²) in [4.78, 5) is 0. The maximum Gasteiger partial charge on any atom is 1.00 e. The summed E-state index contributed by atoms with van der Waals surface area (Å²) in [6, 6.07) is 9.57. The van der Waals surface area contributed by atoms with Crippen molar-refractivity contribution in [3.8, 4) is 5.75 Å². The second kappa shape index (κ2) is 11.5. The van der Waals surface area contributed by atoms with E-state index in [1.165, 1.54) is 0 Å². The Morgan fingerprint density at radius 1 is 1.32 bits per heavy atom. The van der Waals surface area contributed by atoms with E-state index in [2.05, 4.69) is 6.58 Å². The van der Waals surface area contributed by atoms with Crippen molar-refractivity contribution in [1.29, 1.82) is 0 Å². The summed E-state index contributed by atoms with van der Waals surface area (Å²) >= 11 is 0. The van der Waals surface area contributed by atoms with Crippen molar-refractivity contribution in [2.24, 2.45) is 0 Å². The van der Waals surface area contributed by atoms with Gasteiger partial charge in [-0.05, 0) is 32.3 Å². The summed E-state index contributed by atoms with van der Waals surface area (Å²) < 4.78 is 16.7. The molecule has 3 nitrogen and oxygen atoms in total. The number of ether oxygens (including phenoxy) is 3. The Morgan fingerprint density at radius 3 is 2.58 bits per heavy atom. The fourth-order valence-electron chi connectivity index (χ4n) is 1.43. The number of rotatable bonds is 9. The first-order valence-corrected chi connectivity index (χ1v) is 6.24. The first-order valence-electron chi connectivity index (χ1n) is 6.24. The zero-order valence-electron chi connectivity index (χ0n) is 12.1. The predicted molar refractivity (Wildman–Crippen MR) is 71.9 cm³/mol. The molecule has 1 unspecified atom stereocenters. The average Bonchev–Trinajstić information content (AvgIpc) is 2.37. The van der Waals surface area contributed by atoms with Gasteiger partial charge < -0.3 is 14.2 Å². The van der Waals surface area contributed by atoms with Crippen LogP contribution in [-0.2, 0) is 9.47 Å². The molecule has 0 saturated carbocycles. The molecule has 1 rings (SSSR count). The Bertz CT molecular complexity index is 329. The maximum absolute atomic E-state index is 5.70. The van der Waals surface area contributed by atoms with Gasteiger partial charge in [0.25, 0.3) is 0 Å². The largest absolute Gasteiger partial charge is 1.00 e. The van der Waals surface area contributed by atoms with Gasteiger partial charge in [0.1, 0.15) is 6.29 Å². The van der Waals surface area contributed by atoms with Crippen LogP contribution in [0, 0.1) is 6.29 Å². The van der Waals surface area contributed by atoms with Crippen LogP contribution in [0.15, 0.2) is 43.0 Å². The first-order chi connectivity index (χ1) is 8.76. The molecule has 19 heavy (non-hydrogen) atoms. The van der Waals surface area contributed by atoms with E-state index in [0.717, 1.165) is 12.2 Å². The second-order valence-corrected chi connectivity index (χ2v) is 3.76. The molecule has 0 fully saturated rings. The molecule has 1 aromatic carbocycles. The standard InChI is InChI=1S/C15H21O3.Na/c1-4-6-12-15(17-13(3)16-5-2)18-14-10-8-7-9-11-14;/h4,7-11,13H,1,5-6,12H2,2-3H3;/q-1;+1. The van der Waals surface area contributed by atoms with Gasteiger partial charge in [-0.1, -0.05) is 30.7 Å². The smallest absolute Gasteiger partial charge is 0.632 e. The molecule has 4 heteroatoms. The molecule has 100 valence electrons. The minimum absolute atomic E-state index is 0. The van der Waals surface area contributed by atoms with Crippen molar-refractivity contribution in [2.45, 2.75) is 33.0 Å². The molecule has 0 bridgehead atoms. The van der Waals surface area contributed by atoms with Crippen LogP contribution in [0.2, 0.25) is 0 Å². The summed E-state index contributed by atoms with van der Waals surface area (Å²) in [5.41, 5.74) is 0. The maximum atomic E-state index is 5.70. The van der Waals surface area contributed by atoms with Gasteiger partial charge in [-0.25, -0.2) is 0 Å². The van der Waals surface area contributed by atoms with Crippen molar-refractivity contribution in [3.63, 3.8) is 0 Å². The van der Waals surface area contributed by atoms with Crippen LogP contribution in [0.4, 0.5) is 0 Å². The van der Waals surface area contributed by atoms with Crippen molar-refractivity contribution >= 4 is 0 Å². The van der Waals surface area contributed by atoms with E-state index in [-0.39, 0.29) is 35.8 Å². The number of benzene rings is 1. The van der Waals surface area contributed by atoms with Crippen LogP contribution in [-0.4, -0.2) is 12.9 Å². The fraction of sp³-hybridized carbons (Fsp3) is 0.400. The van der Waals surface area contributed by atoms with E-state index in [1.54, 1.807) is 0 Å². The van der Waals surface area contributed by atoms with E-state index in [0.29, 0.717) is 19.3 Å². The molecule has 0 radical (unpaired) electrons. The molecule has 0 aliphatic heterocycles. The van der Waals surface area contributed by atoms with Crippen LogP contribution in [0.1, 0.15) is 26.7 Å². The topological polar surface area (TPSA) is 27.7 Å². The molecular weight excluding hydrogens is 251 g/mol. The summed E-state index contributed by atoms with van der Waals surface area (Å²) in [5, 5.41) is 0. The molecule has 0 aliphatic rings. The Hall–Kier alpha value is -0.320. The molecule has 0 amide bonds. The van der Waals surface area contributed by atoms with Gasteiger partial charge in [-0.15, -0.1) is 13.0 Å². The van der Waals surface area contributed by atoms with Crippen LogP contribution < -0.4 is 34.3 Å². The van der Waals surface area contributed by atoms with Gasteiger partial charge in [0.15, 0.2) is 0 Å². The zero-order valence-corrected chi connectivity index (χ0v) is 14.1. The van der Waals surface area contributed by atoms with E-state index in [1.807, 2.05) is 50.3 Å². The number of allylic oxidation sites excluding steroid dienone is 1. The fourth-order valence-corrected chi connectivity index (χ4v) is 1.43. The molecule has 0 aliphatic carbocycles. The van der Waals surface area contributed by atoms with E-state index < -0.39 is 0 Å². The van der Waals surface area contributed by atoms with Gasteiger partial charge in [-0.2, -0.15) is 0 Å². The SMILES string of the molecule is C=CCC[C-](Oc1ccccc1)OC(C)OCC.[Na+]. The van der Waals surface area contributed by atoms with Gasteiger partial charge in [0.2, 0.25) is 0 Å². The monoisotopic (exact) mass is 272 g/mol. The van der Waals surface area contributed by atoms with Crippen LogP contribution >= 0.6 is 0 Å². The molecule has 1 aromatic rings. The molecule has 0 spiro atoms. The van der Waals surface area contributed by atoms with Crippen LogP contribution in [0.25, 0.3) is 0 Å². The third-order valence-corrected chi connectivity index (χ3v) is 2.23. The van der Waals surface area contributed by atoms with E-state index in [4.69, 9.17) is 14.2 Å². The number of hydrogen-bond acceptors (Lipinski definition) is 3. The summed E-state index contributed by atoms with van der Waals surface area (Å²) in [5.74, 6) is 0.764. The third-order valence-electron chi connectivity index (χ3n) is 2.23. The van der Waals surface area contributed by atoms with Gasteiger partial charge in [0, 0.05) is 6.61 Å². The molecule has 0 N–H and O–H groups in total. The Balaban J connectivity index is 0.00000324. The van der Waals surface area contributed by atoms with Gasteiger partial charge in [-0.3, -0.25) is 0 Å². The molecular formula is C15H21NaO3. The predicted octanol–water partition coefficient (Wildman–Crippen LogP) is 0.924. The van der Waals surface area contributed by atoms with Gasteiger partial charge >= 0.3 is 29.6 Å². The third kappa shape index (κ3) is 8.45. The Labute approximate surface area is 138 Å². The number of para-hydroxylation sites is 1. The normalized spacial score (nSPS) is 11.7. The number of hydrogen-bond donors (Lipinski definition) is 0. The quantitative estimate of drug-likeness (QED) is 0.290. The van der Waals surface area contributed by atoms with Crippen LogP contribution in [0.5, 0.6) is 5.75 Å². The van der Waals surface area contributed by atoms with Gasteiger partial charge in [0.05, 0.1) is 5.75 Å². The summed E-state index contributed by atoms with van der Waals surface area (Å²) in [6.07, 6.45) is 3.57. The molecule has 1 atom stereocenters. The molecule has 0 heterocycles. The Morgan fingerprint density at radius 2 is 2.00 bits per heavy atom. The van der Waals surface area contributed by atoms with E-state index >= 15 is 0 Å². The summed E-state index contributed by atoms with van der Waals surface area (Å²) in [7, 11) is 0. The van der Waals surface area contributed by atoms with E-state index in [9.17, 15) is 0 Å². The van der Waals surface area contributed by atoms with Crippen LogP contribution in [0.3, 0.4) is 0 Å². The van der Waals surface area contributed by atoms with Crippen molar-refractivity contribution in [2.75, 3.05) is 6.61 Å². The second-order valence-electron chi connectivity index (χ2n) is 3.76. The average molecular weight is 272 g/mol. The first kappa shape index (κ1) is 18.7. The zero-order chi connectivity index (χ0) is 13.2. The van der Waals surface area contributed by atoms with Crippen molar-refractivity contribution in [3.05, 3.63) is 49.3 Å². The Kier molecular flexibility index (Phi) is 11.3. The summed E-state index contributed by atoms with van der Waals surface area (Å²) in [6.45, 7) is 8.10. The molecule has 0 saturated heterocycles. The van der Waals surface area contributed by atoms with Crippen molar-refractivity contribution in [1.82, 2.24) is 0 Å².